The van der Waals surface area contributed by atoms with E-state index in [1.807, 2.05) is 6.92 Å². The van der Waals surface area contributed by atoms with Gasteiger partial charge in [-0.1, -0.05) is 20.8 Å². The van der Waals surface area contributed by atoms with E-state index in [1.54, 1.807) is 0 Å². The third-order valence-electron chi connectivity index (χ3n) is 2.52. The van der Waals surface area contributed by atoms with Gasteiger partial charge in [-0.25, -0.2) is 0 Å². The molecule has 0 aliphatic heterocycles. The van der Waals surface area contributed by atoms with Gasteiger partial charge in [-0.3, -0.25) is 0 Å². The lowest BCUT2D eigenvalue weighted by Gasteiger charge is -2.19. The Balaban J connectivity index is 3.58. The number of hydrogen-bond acceptors (Lipinski definition) is 2. The second-order valence-corrected chi connectivity index (χ2v) is 4.05. The van der Waals surface area contributed by atoms with E-state index < -0.39 is 0 Å². The summed E-state index contributed by atoms with van der Waals surface area (Å²) in [6, 6.07) is 0. The van der Waals surface area contributed by atoms with Crippen LogP contribution in [-0.2, 0) is 0 Å². The molecule has 12 heavy (non-hydrogen) atoms. The van der Waals surface area contributed by atoms with Crippen molar-refractivity contribution in [3.05, 3.63) is 0 Å². The lowest BCUT2D eigenvalue weighted by Crippen LogP contribution is -2.15. The molecule has 0 spiro atoms. The second-order valence-electron chi connectivity index (χ2n) is 4.05. The average Bonchev–Trinajstić information content (AvgIpc) is 2.04. The molecule has 0 aromatic rings. The summed E-state index contributed by atoms with van der Waals surface area (Å²) in [5.41, 5.74) is 0. The highest BCUT2D eigenvalue weighted by Crippen LogP contribution is 2.19. The lowest BCUT2D eigenvalue weighted by molar-refractivity contribution is 0.161. The van der Waals surface area contributed by atoms with Gasteiger partial charge in [0.05, 0.1) is 0 Å². The molecule has 0 heterocycles. The topological polar surface area (TPSA) is 40.5 Å². The second kappa shape index (κ2) is 6.44. The van der Waals surface area contributed by atoms with Gasteiger partial charge in [-0.05, 0) is 30.6 Å². The monoisotopic (exact) mass is 174 g/mol. The predicted molar refractivity (Wildman–Crippen MR) is 50.9 cm³/mol. The fourth-order valence-corrected chi connectivity index (χ4v) is 1.23. The first-order chi connectivity index (χ1) is 5.61. The summed E-state index contributed by atoms with van der Waals surface area (Å²) in [4.78, 5) is 0. The zero-order valence-corrected chi connectivity index (χ0v) is 8.45. The minimum atomic E-state index is 0.260. The van der Waals surface area contributed by atoms with E-state index in [0.717, 1.165) is 12.8 Å². The Morgan fingerprint density at radius 1 is 0.917 bits per heavy atom. The van der Waals surface area contributed by atoms with E-state index >= 15 is 0 Å². The van der Waals surface area contributed by atoms with Crippen LogP contribution in [0.15, 0.2) is 0 Å². The SMILES string of the molecule is CC(CO)CC[C@@H](CO)C(C)C. The van der Waals surface area contributed by atoms with E-state index in [1.165, 1.54) is 0 Å². The van der Waals surface area contributed by atoms with E-state index in [2.05, 4.69) is 13.8 Å². The van der Waals surface area contributed by atoms with Crippen molar-refractivity contribution >= 4 is 0 Å². The Morgan fingerprint density at radius 3 is 1.83 bits per heavy atom. The molecule has 0 rings (SSSR count). The van der Waals surface area contributed by atoms with Crippen molar-refractivity contribution < 1.29 is 10.2 Å². The fraction of sp³-hybridized carbons (Fsp3) is 1.00. The molecule has 0 aromatic carbocycles. The van der Waals surface area contributed by atoms with E-state index in [4.69, 9.17) is 10.2 Å². The van der Waals surface area contributed by atoms with Crippen molar-refractivity contribution in [1.29, 1.82) is 0 Å². The summed E-state index contributed by atoms with van der Waals surface area (Å²) in [6.07, 6.45) is 2.04. The zero-order chi connectivity index (χ0) is 9.56. The molecule has 0 bridgehead atoms. The molecular weight excluding hydrogens is 152 g/mol. The minimum Gasteiger partial charge on any atom is -0.396 e. The highest BCUT2D eigenvalue weighted by molar-refractivity contribution is 4.63. The van der Waals surface area contributed by atoms with Gasteiger partial charge < -0.3 is 10.2 Å². The average molecular weight is 174 g/mol. The molecule has 0 aliphatic rings. The maximum Gasteiger partial charge on any atom is 0.0461 e. The fourth-order valence-electron chi connectivity index (χ4n) is 1.23. The highest BCUT2D eigenvalue weighted by atomic mass is 16.3. The Morgan fingerprint density at radius 2 is 1.50 bits per heavy atom. The maximum atomic E-state index is 9.02. The first-order valence-corrected chi connectivity index (χ1v) is 4.83. The third kappa shape index (κ3) is 4.73. The van der Waals surface area contributed by atoms with E-state index in [-0.39, 0.29) is 13.2 Å². The number of rotatable bonds is 6. The zero-order valence-electron chi connectivity index (χ0n) is 8.45. The largest absolute Gasteiger partial charge is 0.396 e. The minimum absolute atomic E-state index is 0.260. The summed E-state index contributed by atoms with van der Waals surface area (Å²) < 4.78 is 0. The van der Waals surface area contributed by atoms with Crippen molar-refractivity contribution in [3.63, 3.8) is 0 Å². The van der Waals surface area contributed by atoms with Crippen molar-refractivity contribution in [1.82, 2.24) is 0 Å². The van der Waals surface area contributed by atoms with Gasteiger partial charge in [-0.2, -0.15) is 0 Å². The molecular formula is C10H22O2. The van der Waals surface area contributed by atoms with Crippen LogP contribution in [-0.4, -0.2) is 23.4 Å². The van der Waals surface area contributed by atoms with Crippen molar-refractivity contribution in [2.45, 2.75) is 33.6 Å². The van der Waals surface area contributed by atoms with Gasteiger partial charge in [0.15, 0.2) is 0 Å². The Labute approximate surface area is 75.6 Å². The molecule has 0 aliphatic carbocycles. The molecule has 74 valence electrons. The van der Waals surface area contributed by atoms with Gasteiger partial charge in [0.25, 0.3) is 0 Å². The first-order valence-electron chi connectivity index (χ1n) is 4.83. The third-order valence-corrected chi connectivity index (χ3v) is 2.52. The molecule has 0 aromatic heterocycles. The van der Waals surface area contributed by atoms with Gasteiger partial charge in [-0.15, -0.1) is 0 Å². The quantitative estimate of drug-likeness (QED) is 0.643. The molecule has 0 radical (unpaired) electrons. The Bertz CT molecular complexity index is 102. The van der Waals surface area contributed by atoms with Crippen LogP contribution in [0, 0.1) is 17.8 Å². The molecule has 2 nitrogen and oxygen atoms in total. The van der Waals surface area contributed by atoms with Crippen LogP contribution in [0.2, 0.25) is 0 Å². The summed E-state index contributed by atoms with van der Waals surface area (Å²) in [6.45, 7) is 6.83. The van der Waals surface area contributed by atoms with Crippen LogP contribution in [0.1, 0.15) is 33.6 Å². The van der Waals surface area contributed by atoms with Gasteiger partial charge in [0, 0.05) is 13.2 Å². The number of aliphatic hydroxyl groups excluding tert-OH is 2. The van der Waals surface area contributed by atoms with Crippen LogP contribution in [0.5, 0.6) is 0 Å². The van der Waals surface area contributed by atoms with Crippen LogP contribution in [0.4, 0.5) is 0 Å². The van der Waals surface area contributed by atoms with Gasteiger partial charge in [0.1, 0.15) is 0 Å². The normalized spacial score (nSPS) is 16.5. The van der Waals surface area contributed by atoms with Gasteiger partial charge >= 0.3 is 0 Å². The van der Waals surface area contributed by atoms with Crippen molar-refractivity contribution in [3.8, 4) is 0 Å². The van der Waals surface area contributed by atoms with Crippen molar-refractivity contribution in [2.24, 2.45) is 17.8 Å². The molecule has 2 N–H and O–H groups in total. The molecule has 0 fully saturated rings. The van der Waals surface area contributed by atoms with Crippen LogP contribution < -0.4 is 0 Å². The molecule has 1 unspecified atom stereocenters. The summed E-state index contributed by atoms with van der Waals surface area (Å²) in [5.74, 6) is 1.32. The van der Waals surface area contributed by atoms with E-state index in [0.29, 0.717) is 17.8 Å². The van der Waals surface area contributed by atoms with E-state index in [9.17, 15) is 0 Å². The molecule has 0 saturated carbocycles. The van der Waals surface area contributed by atoms with Crippen LogP contribution in [0.3, 0.4) is 0 Å². The lowest BCUT2D eigenvalue weighted by atomic mass is 9.89. The smallest absolute Gasteiger partial charge is 0.0461 e. The first kappa shape index (κ1) is 11.9. The highest BCUT2D eigenvalue weighted by Gasteiger charge is 2.13. The summed E-state index contributed by atoms with van der Waals surface area (Å²) in [5, 5.41) is 17.8. The molecule has 2 heteroatoms. The number of hydrogen-bond donors (Lipinski definition) is 2. The maximum absolute atomic E-state index is 9.02. The molecule has 0 amide bonds. The Hall–Kier alpha value is -0.0800. The number of aliphatic hydroxyl groups is 2. The predicted octanol–water partition coefficient (Wildman–Crippen LogP) is 1.66. The summed E-state index contributed by atoms with van der Waals surface area (Å²) >= 11 is 0. The standard InChI is InChI=1S/C10H22O2/c1-8(2)10(7-12)5-4-9(3)6-11/h8-12H,4-7H2,1-3H3/t9?,10-/m0/s1. The van der Waals surface area contributed by atoms with Crippen molar-refractivity contribution in [2.75, 3.05) is 13.2 Å². The van der Waals surface area contributed by atoms with Crippen LogP contribution in [0.25, 0.3) is 0 Å². The molecule has 2 atom stereocenters. The summed E-state index contributed by atoms with van der Waals surface area (Å²) in [7, 11) is 0. The van der Waals surface area contributed by atoms with Crippen LogP contribution >= 0.6 is 0 Å². The molecule has 0 saturated heterocycles. The Kier molecular flexibility index (Phi) is 6.39. The van der Waals surface area contributed by atoms with Gasteiger partial charge in [0.2, 0.25) is 0 Å².